The summed E-state index contributed by atoms with van der Waals surface area (Å²) in [5, 5.41) is 3.43. The lowest BCUT2D eigenvalue weighted by molar-refractivity contribution is 0.327. The molecule has 0 saturated carbocycles. The van der Waals surface area contributed by atoms with Crippen molar-refractivity contribution in [2.45, 2.75) is 39.3 Å². The van der Waals surface area contributed by atoms with E-state index in [0.29, 0.717) is 6.04 Å². The molecule has 0 bridgehead atoms. The topological polar surface area (TPSA) is 31.4 Å². The molecule has 1 saturated heterocycles. The molecule has 1 N–H and O–H groups in total. The van der Waals surface area contributed by atoms with Gasteiger partial charge in [0.15, 0.2) is 0 Å². The summed E-state index contributed by atoms with van der Waals surface area (Å²) in [6.07, 6.45) is 4.28. The van der Waals surface area contributed by atoms with Crippen molar-refractivity contribution in [2.24, 2.45) is 0 Å². The molecule has 1 unspecified atom stereocenters. The SMILES string of the molecule is CCNCc1cc(Br)cnc1N1CCCN(C)CC1CC. The summed E-state index contributed by atoms with van der Waals surface area (Å²) in [5.41, 5.74) is 1.29. The molecule has 21 heavy (non-hydrogen) atoms. The summed E-state index contributed by atoms with van der Waals surface area (Å²) < 4.78 is 1.05. The number of aromatic nitrogens is 1. The molecule has 0 aliphatic carbocycles. The average molecular weight is 355 g/mol. The molecule has 1 aromatic rings. The van der Waals surface area contributed by atoms with Crippen LogP contribution in [0, 0.1) is 0 Å². The molecule has 118 valence electrons. The molecule has 0 spiro atoms. The van der Waals surface area contributed by atoms with Crippen molar-refractivity contribution in [1.82, 2.24) is 15.2 Å². The molecule has 1 fully saturated rings. The van der Waals surface area contributed by atoms with Gasteiger partial charge in [-0.3, -0.25) is 0 Å². The Bertz CT molecular complexity index is 452. The normalized spacial score (nSPS) is 20.6. The highest BCUT2D eigenvalue weighted by Gasteiger charge is 2.24. The fraction of sp³-hybridized carbons (Fsp3) is 0.688. The van der Waals surface area contributed by atoms with Crippen LogP contribution in [0.2, 0.25) is 0 Å². The van der Waals surface area contributed by atoms with Crippen LogP contribution in [0.4, 0.5) is 5.82 Å². The lowest BCUT2D eigenvalue weighted by Gasteiger charge is -2.32. The summed E-state index contributed by atoms with van der Waals surface area (Å²) in [6, 6.07) is 2.75. The van der Waals surface area contributed by atoms with Gasteiger partial charge >= 0.3 is 0 Å². The van der Waals surface area contributed by atoms with Crippen LogP contribution >= 0.6 is 15.9 Å². The third kappa shape index (κ3) is 4.41. The van der Waals surface area contributed by atoms with E-state index < -0.39 is 0 Å². The zero-order valence-corrected chi connectivity index (χ0v) is 15.0. The number of nitrogens with one attached hydrogen (secondary N) is 1. The third-order valence-corrected chi connectivity index (χ3v) is 4.55. The number of anilines is 1. The number of hydrogen-bond donors (Lipinski definition) is 1. The lowest BCUT2D eigenvalue weighted by Crippen LogP contribution is -2.41. The van der Waals surface area contributed by atoms with E-state index in [0.717, 1.165) is 42.9 Å². The van der Waals surface area contributed by atoms with Gasteiger partial charge in [0.1, 0.15) is 5.82 Å². The molecule has 2 heterocycles. The molecule has 2 rings (SSSR count). The van der Waals surface area contributed by atoms with Gasteiger partial charge < -0.3 is 15.1 Å². The van der Waals surface area contributed by atoms with Crippen molar-refractivity contribution in [3.8, 4) is 0 Å². The Morgan fingerprint density at radius 3 is 2.90 bits per heavy atom. The van der Waals surface area contributed by atoms with Crippen molar-refractivity contribution >= 4 is 21.7 Å². The first-order valence-corrected chi connectivity index (χ1v) is 8.75. The molecule has 1 aromatic heterocycles. The van der Waals surface area contributed by atoms with Gasteiger partial charge in [0.05, 0.1) is 0 Å². The quantitative estimate of drug-likeness (QED) is 0.880. The molecule has 1 atom stereocenters. The Morgan fingerprint density at radius 1 is 1.38 bits per heavy atom. The summed E-state index contributed by atoms with van der Waals surface area (Å²) in [6.45, 7) is 9.66. The molecule has 0 amide bonds. The largest absolute Gasteiger partial charge is 0.352 e. The maximum absolute atomic E-state index is 4.74. The van der Waals surface area contributed by atoms with Crippen LogP contribution < -0.4 is 10.2 Å². The van der Waals surface area contributed by atoms with Crippen molar-refractivity contribution in [3.05, 3.63) is 22.3 Å². The van der Waals surface area contributed by atoms with Gasteiger partial charge in [-0.1, -0.05) is 13.8 Å². The average Bonchev–Trinajstić information content (AvgIpc) is 2.66. The van der Waals surface area contributed by atoms with Crippen LogP contribution in [0.5, 0.6) is 0 Å². The highest BCUT2D eigenvalue weighted by atomic mass is 79.9. The predicted octanol–water partition coefficient (Wildman–Crippen LogP) is 2.87. The molecule has 1 aliphatic heterocycles. The molecular formula is C16H27BrN4. The molecule has 4 nitrogen and oxygen atoms in total. The smallest absolute Gasteiger partial charge is 0.133 e. The van der Waals surface area contributed by atoms with Crippen molar-refractivity contribution < 1.29 is 0 Å². The maximum Gasteiger partial charge on any atom is 0.133 e. The fourth-order valence-corrected chi connectivity index (χ4v) is 3.37. The van der Waals surface area contributed by atoms with E-state index in [2.05, 4.69) is 58.0 Å². The highest BCUT2D eigenvalue weighted by Crippen LogP contribution is 2.26. The van der Waals surface area contributed by atoms with Crippen LogP contribution in [0.1, 0.15) is 32.3 Å². The van der Waals surface area contributed by atoms with Gasteiger partial charge in [-0.2, -0.15) is 0 Å². The van der Waals surface area contributed by atoms with Gasteiger partial charge in [-0.15, -0.1) is 0 Å². The maximum atomic E-state index is 4.74. The Kier molecular flexibility index (Phi) is 6.45. The second kappa shape index (κ2) is 8.11. The van der Waals surface area contributed by atoms with Crippen molar-refractivity contribution in [2.75, 3.05) is 38.1 Å². The predicted molar refractivity (Wildman–Crippen MR) is 92.9 cm³/mol. The number of rotatable bonds is 5. The van der Waals surface area contributed by atoms with Crippen LogP contribution in [-0.2, 0) is 6.54 Å². The monoisotopic (exact) mass is 354 g/mol. The van der Waals surface area contributed by atoms with E-state index in [1.165, 1.54) is 18.5 Å². The van der Waals surface area contributed by atoms with Crippen molar-refractivity contribution in [3.63, 3.8) is 0 Å². The van der Waals surface area contributed by atoms with Gasteiger partial charge in [0.25, 0.3) is 0 Å². The second-order valence-corrected chi connectivity index (χ2v) is 6.70. The first kappa shape index (κ1) is 16.7. The number of hydrogen-bond acceptors (Lipinski definition) is 4. The number of likely N-dealkylation sites (N-methyl/N-ethyl adjacent to an activating group) is 1. The minimum Gasteiger partial charge on any atom is -0.352 e. The first-order valence-electron chi connectivity index (χ1n) is 7.96. The Balaban J connectivity index is 2.29. The van der Waals surface area contributed by atoms with Crippen LogP contribution in [-0.4, -0.2) is 49.2 Å². The van der Waals surface area contributed by atoms with Gasteiger partial charge in [-0.05, 0) is 55.0 Å². The summed E-state index contributed by atoms with van der Waals surface area (Å²) in [7, 11) is 2.22. The van der Waals surface area contributed by atoms with Crippen LogP contribution in [0.3, 0.4) is 0 Å². The zero-order chi connectivity index (χ0) is 15.2. The highest BCUT2D eigenvalue weighted by molar-refractivity contribution is 9.10. The van der Waals surface area contributed by atoms with E-state index in [4.69, 9.17) is 4.98 Å². The van der Waals surface area contributed by atoms with Gasteiger partial charge in [-0.25, -0.2) is 4.98 Å². The Morgan fingerprint density at radius 2 is 2.19 bits per heavy atom. The van der Waals surface area contributed by atoms with E-state index in [-0.39, 0.29) is 0 Å². The van der Waals surface area contributed by atoms with Gasteiger partial charge in [0.2, 0.25) is 0 Å². The number of nitrogens with zero attached hydrogens (tertiary/aromatic N) is 3. The Labute approximate surface area is 137 Å². The molecular weight excluding hydrogens is 328 g/mol. The van der Waals surface area contributed by atoms with Crippen molar-refractivity contribution in [1.29, 1.82) is 0 Å². The minimum atomic E-state index is 0.548. The molecule has 0 radical (unpaired) electrons. The first-order chi connectivity index (χ1) is 10.2. The van der Waals surface area contributed by atoms with Crippen LogP contribution in [0.15, 0.2) is 16.7 Å². The summed E-state index contributed by atoms with van der Waals surface area (Å²) in [4.78, 5) is 9.70. The minimum absolute atomic E-state index is 0.548. The third-order valence-electron chi connectivity index (χ3n) is 4.12. The molecule has 5 heteroatoms. The Hall–Kier alpha value is -0.650. The summed E-state index contributed by atoms with van der Waals surface area (Å²) >= 11 is 3.55. The van der Waals surface area contributed by atoms with E-state index in [1.807, 2.05) is 6.20 Å². The fourth-order valence-electron chi connectivity index (χ4n) is 2.99. The van der Waals surface area contributed by atoms with E-state index in [9.17, 15) is 0 Å². The zero-order valence-electron chi connectivity index (χ0n) is 13.4. The second-order valence-electron chi connectivity index (χ2n) is 5.79. The van der Waals surface area contributed by atoms with Crippen LogP contribution in [0.25, 0.3) is 0 Å². The standard InChI is InChI=1S/C16H27BrN4/c1-4-15-12-20(3)7-6-8-21(15)16-13(10-18-5-2)9-14(17)11-19-16/h9,11,15,18H,4-8,10,12H2,1-3H3. The lowest BCUT2D eigenvalue weighted by atomic mass is 10.1. The molecule has 0 aromatic carbocycles. The number of pyridine rings is 1. The summed E-state index contributed by atoms with van der Waals surface area (Å²) in [5.74, 6) is 1.15. The number of halogens is 1. The van der Waals surface area contributed by atoms with Gasteiger partial charge in [0, 0.05) is 41.9 Å². The molecule has 1 aliphatic rings. The van der Waals surface area contributed by atoms with E-state index in [1.54, 1.807) is 0 Å². The van der Waals surface area contributed by atoms with E-state index >= 15 is 0 Å².